The van der Waals surface area contributed by atoms with E-state index in [1.165, 1.54) is 27.7 Å². The van der Waals surface area contributed by atoms with Crippen LogP contribution in [0.4, 0.5) is 0 Å². The predicted molar refractivity (Wildman–Crippen MR) is 157 cm³/mol. The third-order valence-electron chi connectivity index (χ3n) is 6.43. The van der Waals surface area contributed by atoms with Crippen molar-refractivity contribution < 1.29 is 14.3 Å². The lowest BCUT2D eigenvalue weighted by atomic mass is 10.1. The Hall–Kier alpha value is -3.58. The van der Waals surface area contributed by atoms with Crippen molar-refractivity contribution in [3.63, 3.8) is 0 Å². The van der Waals surface area contributed by atoms with Crippen molar-refractivity contribution in [2.75, 3.05) is 6.61 Å². The number of carbonyl (C=O) groups is 2. The molecule has 3 aromatic carbocycles. The summed E-state index contributed by atoms with van der Waals surface area (Å²) in [6.45, 7) is 2.03. The Labute approximate surface area is 232 Å². The van der Waals surface area contributed by atoms with Gasteiger partial charge in [0.25, 0.3) is 0 Å². The van der Waals surface area contributed by atoms with Crippen molar-refractivity contribution >= 4 is 73.6 Å². The Kier molecular flexibility index (Phi) is 6.70. The Morgan fingerprint density at radius 2 is 1.71 bits per heavy atom. The number of hydrogen-bond donors (Lipinski definition) is 0. The average Bonchev–Trinajstić information content (AvgIpc) is 3.48. The van der Waals surface area contributed by atoms with Gasteiger partial charge in [0.1, 0.15) is 0 Å². The highest BCUT2D eigenvalue weighted by atomic mass is 35.5. The molecule has 3 heterocycles. The molecule has 6 rings (SSSR count). The molecule has 0 N–H and O–H groups in total. The van der Waals surface area contributed by atoms with Crippen LogP contribution in [0.5, 0.6) is 0 Å². The molecule has 0 bridgehead atoms. The van der Waals surface area contributed by atoms with Crippen molar-refractivity contribution in [2.45, 2.75) is 16.9 Å². The van der Waals surface area contributed by atoms with Gasteiger partial charge in [-0.15, -0.1) is 23.1 Å². The maximum absolute atomic E-state index is 13.8. The molecule has 3 aromatic heterocycles. The highest BCUT2D eigenvalue weighted by Gasteiger charge is 2.29. The molecule has 0 fully saturated rings. The molecule has 0 spiro atoms. The Bertz CT molecular complexity index is 1840. The van der Waals surface area contributed by atoms with Crippen LogP contribution < -0.4 is 0 Å². The third kappa shape index (κ3) is 4.39. The predicted octanol–water partition coefficient (Wildman–Crippen LogP) is 8.66. The van der Waals surface area contributed by atoms with E-state index >= 15 is 0 Å². The van der Waals surface area contributed by atoms with E-state index in [2.05, 4.69) is 30.3 Å². The highest BCUT2D eigenvalue weighted by molar-refractivity contribution is 8.00. The molecule has 38 heavy (non-hydrogen) atoms. The fourth-order valence-corrected chi connectivity index (χ4v) is 7.30. The van der Waals surface area contributed by atoms with Gasteiger partial charge < -0.3 is 9.14 Å². The lowest BCUT2D eigenvalue weighted by molar-refractivity contribution is 0.0531. The zero-order valence-corrected chi connectivity index (χ0v) is 22.8. The summed E-state index contributed by atoms with van der Waals surface area (Å²) in [6.07, 6.45) is 1.93. The van der Waals surface area contributed by atoms with E-state index in [0.717, 1.165) is 21.0 Å². The van der Waals surface area contributed by atoms with Crippen molar-refractivity contribution in [1.29, 1.82) is 0 Å². The molecular formula is C31H22ClNO3S2. The molecule has 0 amide bonds. The number of benzene rings is 3. The van der Waals surface area contributed by atoms with Crippen LogP contribution in [-0.4, -0.2) is 22.8 Å². The Morgan fingerprint density at radius 3 is 2.50 bits per heavy atom. The highest BCUT2D eigenvalue weighted by Crippen LogP contribution is 2.44. The number of aromatic nitrogens is 1. The molecule has 7 heteroatoms. The first-order valence-electron chi connectivity index (χ1n) is 12.2. The first-order chi connectivity index (χ1) is 18.5. The van der Waals surface area contributed by atoms with E-state index in [-0.39, 0.29) is 12.4 Å². The molecule has 0 unspecified atom stereocenters. The number of hydrogen-bond acceptors (Lipinski definition) is 5. The summed E-state index contributed by atoms with van der Waals surface area (Å²) in [5.41, 5.74) is 3.72. The van der Waals surface area contributed by atoms with Gasteiger partial charge in [0.15, 0.2) is 0 Å². The lowest BCUT2D eigenvalue weighted by Gasteiger charge is -2.05. The number of rotatable bonds is 7. The van der Waals surface area contributed by atoms with E-state index < -0.39 is 5.97 Å². The molecule has 0 saturated heterocycles. The molecule has 0 atom stereocenters. The topological polar surface area (TPSA) is 47.8 Å². The lowest BCUT2D eigenvalue weighted by Crippen LogP contribution is -2.06. The number of fused-ring (bicyclic) bond motifs is 4. The number of halogens is 1. The summed E-state index contributed by atoms with van der Waals surface area (Å²) < 4.78 is 8.43. The fraction of sp³-hybridized carbons (Fsp3) is 0.0968. The van der Waals surface area contributed by atoms with E-state index in [1.807, 2.05) is 40.9 Å². The molecule has 0 radical (unpaired) electrons. The third-order valence-corrected chi connectivity index (χ3v) is 9.20. The molecule has 0 saturated carbocycles. The number of ketones is 1. The summed E-state index contributed by atoms with van der Waals surface area (Å²) in [5, 5.41) is 3.59. The van der Waals surface area contributed by atoms with Crippen LogP contribution in [0.2, 0.25) is 5.02 Å². The second kappa shape index (κ2) is 10.3. The summed E-state index contributed by atoms with van der Waals surface area (Å²) in [5.74, 6) is 0.153. The molecule has 4 nitrogen and oxygen atoms in total. The van der Waals surface area contributed by atoms with Gasteiger partial charge in [-0.05, 0) is 59.7 Å². The van der Waals surface area contributed by atoms with Crippen molar-refractivity contribution in [3.05, 3.63) is 118 Å². The van der Waals surface area contributed by atoms with Crippen LogP contribution in [-0.2, 0) is 10.5 Å². The van der Waals surface area contributed by atoms with Gasteiger partial charge in [0.05, 0.1) is 32.3 Å². The second-order valence-electron chi connectivity index (χ2n) is 8.80. The zero-order valence-electron chi connectivity index (χ0n) is 20.4. The minimum atomic E-state index is -0.430. The number of ether oxygens (including phenoxy) is 1. The first kappa shape index (κ1) is 24.7. The zero-order chi connectivity index (χ0) is 26.2. The summed E-state index contributed by atoms with van der Waals surface area (Å²) >= 11 is 9.17. The minimum absolute atomic E-state index is 0.143. The smallest absolute Gasteiger partial charge is 0.341 e. The van der Waals surface area contributed by atoms with Crippen molar-refractivity contribution in [1.82, 2.24) is 4.40 Å². The summed E-state index contributed by atoms with van der Waals surface area (Å²) in [7, 11) is 0. The number of carbonyl (C=O) groups excluding carboxylic acids is 2. The molecule has 0 aliphatic rings. The van der Waals surface area contributed by atoms with E-state index in [1.54, 1.807) is 43.0 Å². The van der Waals surface area contributed by atoms with Gasteiger partial charge in [-0.3, -0.25) is 4.79 Å². The van der Waals surface area contributed by atoms with Gasteiger partial charge in [-0.2, -0.15) is 0 Å². The maximum Gasteiger partial charge on any atom is 0.341 e. The maximum atomic E-state index is 13.8. The second-order valence-corrected chi connectivity index (χ2v) is 11.5. The van der Waals surface area contributed by atoms with Crippen LogP contribution in [0, 0.1) is 0 Å². The van der Waals surface area contributed by atoms with Crippen molar-refractivity contribution in [3.8, 4) is 0 Å². The Morgan fingerprint density at radius 1 is 0.947 bits per heavy atom. The van der Waals surface area contributed by atoms with Crippen LogP contribution in [0.15, 0.2) is 95.3 Å². The first-order valence-corrected chi connectivity index (χ1v) is 14.4. The van der Waals surface area contributed by atoms with Gasteiger partial charge in [0.2, 0.25) is 5.78 Å². The molecule has 6 aromatic rings. The number of pyridine rings is 1. The van der Waals surface area contributed by atoms with Crippen LogP contribution in [0.25, 0.3) is 27.2 Å². The molecule has 188 valence electrons. The summed E-state index contributed by atoms with van der Waals surface area (Å²) in [6, 6.07) is 27.3. The fourth-order valence-electron chi connectivity index (χ4n) is 4.70. The van der Waals surface area contributed by atoms with E-state index in [4.69, 9.17) is 16.3 Å². The monoisotopic (exact) mass is 555 g/mol. The minimum Gasteiger partial charge on any atom is -0.462 e. The van der Waals surface area contributed by atoms with Gasteiger partial charge in [-0.25, -0.2) is 4.79 Å². The standard InChI is InChI=1S/C31H22ClNO3S2/c1-2-36-30(35)25-24-9-5-6-16-33(24)27-26(25)29(28(34)21-12-14-23(32)15-13-21)38-31(27)37-18-19-10-11-20-7-3-4-8-22(20)17-19/h3-17H,2,18H2,1H3. The van der Waals surface area contributed by atoms with Gasteiger partial charge in [0, 0.05) is 27.9 Å². The number of esters is 1. The normalized spacial score (nSPS) is 11.4. The molecule has 0 aliphatic heterocycles. The SMILES string of the molecule is CCOC(=O)c1c2c(C(=O)c3ccc(Cl)cc3)sc(SCc3ccc4ccccc4c3)c2n2ccccc12. The summed E-state index contributed by atoms with van der Waals surface area (Å²) in [4.78, 5) is 27.6. The van der Waals surface area contributed by atoms with Crippen molar-refractivity contribution in [2.24, 2.45) is 0 Å². The van der Waals surface area contributed by atoms with Gasteiger partial charge in [-0.1, -0.05) is 60.1 Å². The number of thioether (sulfide) groups is 1. The number of thiophene rings is 1. The van der Waals surface area contributed by atoms with Crippen LogP contribution in [0.3, 0.4) is 0 Å². The van der Waals surface area contributed by atoms with E-state index in [9.17, 15) is 9.59 Å². The molecule has 0 aliphatic carbocycles. The largest absolute Gasteiger partial charge is 0.462 e. The van der Waals surface area contributed by atoms with Crippen LogP contribution >= 0.6 is 34.7 Å². The quantitative estimate of drug-likeness (QED) is 0.112. The molecular weight excluding hydrogens is 534 g/mol. The van der Waals surface area contributed by atoms with Crippen LogP contribution in [0.1, 0.15) is 38.1 Å². The average molecular weight is 556 g/mol. The number of nitrogens with zero attached hydrogens (tertiary/aromatic N) is 1. The van der Waals surface area contributed by atoms with Gasteiger partial charge >= 0.3 is 5.97 Å². The Balaban J connectivity index is 1.51. The van der Waals surface area contributed by atoms with E-state index in [0.29, 0.717) is 26.4 Å².